The van der Waals surface area contributed by atoms with Crippen molar-refractivity contribution < 1.29 is 4.79 Å². The van der Waals surface area contributed by atoms with E-state index in [1.807, 2.05) is 13.8 Å². The molecule has 0 spiro atoms. The molecule has 3 heteroatoms. The van der Waals surface area contributed by atoms with E-state index >= 15 is 0 Å². The van der Waals surface area contributed by atoms with Gasteiger partial charge in [0.25, 0.3) is 5.91 Å². The Kier molecular flexibility index (Phi) is 3.78. The van der Waals surface area contributed by atoms with Crippen molar-refractivity contribution in [1.29, 1.82) is 0 Å². The van der Waals surface area contributed by atoms with Gasteiger partial charge in [-0.2, -0.15) is 0 Å². The van der Waals surface area contributed by atoms with E-state index in [9.17, 15) is 4.79 Å². The maximum Gasteiger partial charge on any atom is 0.254 e. The Balaban J connectivity index is 1.81. The van der Waals surface area contributed by atoms with Crippen molar-refractivity contribution in [2.75, 3.05) is 13.1 Å². The fourth-order valence-electron chi connectivity index (χ4n) is 4.31. The lowest BCUT2D eigenvalue weighted by Crippen LogP contribution is -2.32. The molecule has 3 atom stereocenters. The number of carbonyl (C=O) groups excluding carboxylic acids is 1. The van der Waals surface area contributed by atoms with E-state index in [4.69, 9.17) is 5.73 Å². The van der Waals surface area contributed by atoms with Gasteiger partial charge in [-0.3, -0.25) is 4.79 Å². The summed E-state index contributed by atoms with van der Waals surface area (Å²) in [5.74, 6) is 1.50. The second-order valence-corrected chi connectivity index (χ2v) is 7.08. The van der Waals surface area contributed by atoms with Gasteiger partial charge in [0.1, 0.15) is 0 Å². The molecule has 2 aliphatic rings. The molecule has 3 nitrogen and oxygen atoms in total. The van der Waals surface area contributed by atoms with Gasteiger partial charge in [0.2, 0.25) is 0 Å². The zero-order chi connectivity index (χ0) is 15.1. The second-order valence-electron chi connectivity index (χ2n) is 7.08. The van der Waals surface area contributed by atoms with Gasteiger partial charge >= 0.3 is 0 Å². The molecule has 1 aliphatic carbocycles. The molecule has 1 unspecified atom stereocenters. The molecule has 0 radical (unpaired) electrons. The van der Waals surface area contributed by atoms with Gasteiger partial charge in [-0.15, -0.1) is 0 Å². The second kappa shape index (κ2) is 5.45. The average Bonchev–Trinajstić information content (AvgIpc) is 2.80. The van der Waals surface area contributed by atoms with Crippen LogP contribution in [0.15, 0.2) is 12.1 Å². The molecule has 1 aromatic rings. The van der Waals surface area contributed by atoms with Gasteiger partial charge in [-0.1, -0.05) is 17.7 Å². The predicted molar refractivity (Wildman–Crippen MR) is 85.4 cm³/mol. The van der Waals surface area contributed by atoms with Crippen molar-refractivity contribution in [3.8, 4) is 0 Å². The molecule has 2 fully saturated rings. The lowest BCUT2D eigenvalue weighted by atomic mass is 9.79. The highest BCUT2D eigenvalue weighted by molar-refractivity contribution is 5.97. The number of hydrogen-bond donors (Lipinski definition) is 1. The first-order chi connectivity index (χ1) is 9.95. The number of carbonyl (C=O) groups is 1. The third kappa shape index (κ3) is 2.71. The predicted octanol–water partition coefficient (Wildman–Crippen LogP) is 2.81. The lowest BCUT2D eigenvalue weighted by Gasteiger charge is -2.27. The smallest absolute Gasteiger partial charge is 0.254 e. The Morgan fingerprint density at radius 1 is 1.10 bits per heavy atom. The van der Waals surface area contributed by atoms with E-state index < -0.39 is 0 Å². The van der Waals surface area contributed by atoms with Crippen LogP contribution in [0.3, 0.4) is 0 Å². The molecule has 1 heterocycles. The van der Waals surface area contributed by atoms with Gasteiger partial charge in [0.05, 0.1) is 0 Å². The Morgan fingerprint density at radius 3 is 2.38 bits per heavy atom. The highest BCUT2D eigenvalue weighted by atomic mass is 16.2. The number of aryl methyl sites for hydroxylation is 3. The standard InChI is InChI=1S/C18H26N2O/c1-11-6-12(2)17(13(3)7-11)18(21)20-9-14-4-5-16(19)8-15(14)10-20/h6-7,14-16H,4-5,8-10,19H2,1-3H3/t14-,15+,16?/m1/s1. The van der Waals surface area contributed by atoms with E-state index in [0.717, 1.165) is 42.6 Å². The summed E-state index contributed by atoms with van der Waals surface area (Å²) in [6.07, 6.45) is 3.38. The first-order valence-electron chi connectivity index (χ1n) is 8.08. The number of nitrogens with zero attached hydrogens (tertiary/aromatic N) is 1. The largest absolute Gasteiger partial charge is 0.338 e. The molecular weight excluding hydrogens is 260 g/mol. The van der Waals surface area contributed by atoms with Crippen LogP contribution >= 0.6 is 0 Å². The third-order valence-corrected chi connectivity index (χ3v) is 5.27. The van der Waals surface area contributed by atoms with E-state index in [-0.39, 0.29) is 5.91 Å². The number of hydrogen-bond acceptors (Lipinski definition) is 2. The highest BCUT2D eigenvalue weighted by Crippen LogP contribution is 2.36. The van der Waals surface area contributed by atoms with E-state index in [1.165, 1.54) is 12.0 Å². The van der Waals surface area contributed by atoms with Crippen LogP contribution in [0.4, 0.5) is 0 Å². The number of likely N-dealkylation sites (tertiary alicyclic amines) is 1. The molecule has 1 saturated carbocycles. The lowest BCUT2D eigenvalue weighted by molar-refractivity contribution is 0.0782. The maximum atomic E-state index is 12.9. The summed E-state index contributed by atoms with van der Waals surface area (Å²) in [4.78, 5) is 15.0. The topological polar surface area (TPSA) is 46.3 Å². The number of amides is 1. The Labute approximate surface area is 127 Å². The summed E-state index contributed by atoms with van der Waals surface area (Å²) in [5.41, 5.74) is 10.4. The number of fused-ring (bicyclic) bond motifs is 1. The van der Waals surface area contributed by atoms with Crippen LogP contribution in [-0.4, -0.2) is 29.9 Å². The monoisotopic (exact) mass is 286 g/mol. The zero-order valence-corrected chi connectivity index (χ0v) is 13.4. The zero-order valence-electron chi connectivity index (χ0n) is 13.4. The number of benzene rings is 1. The normalized spacial score (nSPS) is 28.6. The van der Waals surface area contributed by atoms with E-state index in [0.29, 0.717) is 17.9 Å². The molecule has 1 aromatic carbocycles. The van der Waals surface area contributed by atoms with Crippen LogP contribution < -0.4 is 5.73 Å². The minimum atomic E-state index is 0.216. The van der Waals surface area contributed by atoms with Gasteiger partial charge in [0.15, 0.2) is 0 Å². The summed E-state index contributed by atoms with van der Waals surface area (Å²) in [5, 5.41) is 0. The summed E-state index contributed by atoms with van der Waals surface area (Å²) in [6.45, 7) is 7.99. The molecule has 0 bridgehead atoms. The van der Waals surface area contributed by atoms with E-state index in [2.05, 4.69) is 24.0 Å². The van der Waals surface area contributed by atoms with Crippen molar-refractivity contribution in [3.63, 3.8) is 0 Å². The Bertz CT molecular complexity index is 543. The Morgan fingerprint density at radius 2 is 1.71 bits per heavy atom. The van der Waals surface area contributed by atoms with Gasteiger partial charge < -0.3 is 10.6 Å². The molecule has 3 rings (SSSR count). The summed E-state index contributed by atoms with van der Waals surface area (Å²) >= 11 is 0. The molecule has 1 saturated heterocycles. The number of nitrogens with two attached hydrogens (primary N) is 1. The van der Waals surface area contributed by atoms with Crippen LogP contribution in [0.5, 0.6) is 0 Å². The molecule has 2 N–H and O–H groups in total. The van der Waals surface area contributed by atoms with Gasteiger partial charge in [-0.05, 0) is 63.0 Å². The van der Waals surface area contributed by atoms with Crippen molar-refractivity contribution >= 4 is 5.91 Å². The molecule has 1 amide bonds. The summed E-state index contributed by atoms with van der Waals surface area (Å²) < 4.78 is 0. The quantitative estimate of drug-likeness (QED) is 0.863. The minimum absolute atomic E-state index is 0.216. The van der Waals surface area contributed by atoms with Crippen molar-refractivity contribution in [2.24, 2.45) is 17.6 Å². The maximum absolute atomic E-state index is 12.9. The number of rotatable bonds is 1. The van der Waals surface area contributed by atoms with Crippen molar-refractivity contribution in [2.45, 2.75) is 46.1 Å². The molecule has 21 heavy (non-hydrogen) atoms. The van der Waals surface area contributed by atoms with Crippen LogP contribution in [0, 0.1) is 32.6 Å². The molecule has 1 aliphatic heterocycles. The Hall–Kier alpha value is -1.35. The summed E-state index contributed by atoms with van der Waals surface area (Å²) in [6, 6.07) is 4.56. The summed E-state index contributed by atoms with van der Waals surface area (Å²) in [7, 11) is 0. The van der Waals surface area contributed by atoms with Crippen LogP contribution in [-0.2, 0) is 0 Å². The van der Waals surface area contributed by atoms with Crippen LogP contribution in [0.25, 0.3) is 0 Å². The third-order valence-electron chi connectivity index (χ3n) is 5.27. The molecular formula is C18H26N2O. The first kappa shape index (κ1) is 14.6. The van der Waals surface area contributed by atoms with Crippen molar-refractivity contribution in [1.82, 2.24) is 4.90 Å². The fraction of sp³-hybridized carbons (Fsp3) is 0.611. The van der Waals surface area contributed by atoms with Gasteiger partial charge in [0, 0.05) is 24.7 Å². The van der Waals surface area contributed by atoms with Gasteiger partial charge in [-0.25, -0.2) is 0 Å². The van der Waals surface area contributed by atoms with Crippen molar-refractivity contribution in [3.05, 3.63) is 34.4 Å². The molecule has 114 valence electrons. The molecule has 0 aromatic heterocycles. The minimum Gasteiger partial charge on any atom is -0.338 e. The average molecular weight is 286 g/mol. The van der Waals surface area contributed by atoms with E-state index in [1.54, 1.807) is 0 Å². The van der Waals surface area contributed by atoms with Crippen LogP contribution in [0.1, 0.15) is 46.3 Å². The SMILES string of the molecule is Cc1cc(C)c(C(=O)N2C[C@H]3CCC(N)C[C@H]3C2)c(C)c1. The fourth-order valence-corrected chi connectivity index (χ4v) is 4.31. The highest BCUT2D eigenvalue weighted by Gasteiger charge is 2.39. The van der Waals surface area contributed by atoms with Crippen LogP contribution in [0.2, 0.25) is 0 Å². The first-order valence-corrected chi connectivity index (χ1v) is 8.08.